The number of ether oxygens (including phenoxy) is 1. The van der Waals surface area contributed by atoms with Crippen LogP contribution in [0.5, 0.6) is 0 Å². The minimum absolute atomic E-state index is 0.405. The van der Waals surface area contributed by atoms with Gasteiger partial charge < -0.3 is 14.7 Å². The largest absolute Gasteiger partial charge is 0.389 e. The molecule has 18 heavy (non-hydrogen) atoms. The predicted molar refractivity (Wildman–Crippen MR) is 74.9 cm³/mol. The number of rotatable bonds is 8. The first-order valence-corrected chi connectivity index (χ1v) is 6.62. The number of benzene rings is 1. The third-order valence-electron chi connectivity index (χ3n) is 2.99. The maximum Gasteiger partial charge on any atom is 0.0900 e. The van der Waals surface area contributed by atoms with E-state index in [0.29, 0.717) is 25.7 Å². The highest BCUT2D eigenvalue weighted by atomic mass is 16.5. The molecule has 0 bridgehead atoms. The average Bonchev–Trinajstić information content (AvgIpc) is 2.37. The van der Waals surface area contributed by atoms with E-state index in [1.54, 1.807) is 0 Å². The molecule has 0 aromatic heterocycles. The fourth-order valence-electron chi connectivity index (χ4n) is 2.10. The van der Waals surface area contributed by atoms with Gasteiger partial charge in [0.05, 0.1) is 12.7 Å². The lowest BCUT2D eigenvalue weighted by molar-refractivity contribution is 0.0249. The van der Waals surface area contributed by atoms with Crippen molar-refractivity contribution >= 4 is 0 Å². The molecule has 1 rings (SSSR count). The van der Waals surface area contributed by atoms with Gasteiger partial charge in [0, 0.05) is 19.7 Å². The van der Waals surface area contributed by atoms with Gasteiger partial charge in [-0.25, -0.2) is 0 Å². The summed E-state index contributed by atoms with van der Waals surface area (Å²) in [4.78, 5) is 2.15. The van der Waals surface area contributed by atoms with Crippen molar-refractivity contribution in [1.29, 1.82) is 0 Å². The second kappa shape index (κ2) is 8.25. The Morgan fingerprint density at radius 3 is 2.50 bits per heavy atom. The molecule has 0 spiro atoms. The van der Waals surface area contributed by atoms with Gasteiger partial charge >= 0.3 is 0 Å². The second-order valence-electron chi connectivity index (χ2n) is 4.85. The van der Waals surface area contributed by atoms with Crippen LogP contribution in [0.3, 0.4) is 0 Å². The SMILES string of the molecule is CCOC[C@@H](O)CN(C)C[C@H](C)c1ccccc1. The van der Waals surface area contributed by atoms with Gasteiger partial charge in [-0.15, -0.1) is 0 Å². The van der Waals surface area contributed by atoms with Crippen molar-refractivity contribution in [3.63, 3.8) is 0 Å². The maximum absolute atomic E-state index is 9.77. The van der Waals surface area contributed by atoms with Crippen molar-refractivity contribution < 1.29 is 9.84 Å². The Bertz CT molecular complexity index is 316. The van der Waals surface area contributed by atoms with E-state index in [1.165, 1.54) is 5.56 Å². The van der Waals surface area contributed by atoms with Gasteiger partial charge in [0.25, 0.3) is 0 Å². The number of aliphatic hydroxyl groups is 1. The molecule has 1 N–H and O–H groups in total. The predicted octanol–water partition coefficient (Wildman–Crippen LogP) is 2.12. The summed E-state index contributed by atoms with van der Waals surface area (Å²) in [6.07, 6.45) is -0.405. The summed E-state index contributed by atoms with van der Waals surface area (Å²) in [5.41, 5.74) is 1.34. The molecule has 0 fully saturated rings. The summed E-state index contributed by atoms with van der Waals surface area (Å²) >= 11 is 0. The van der Waals surface area contributed by atoms with Crippen LogP contribution in [0.15, 0.2) is 30.3 Å². The summed E-state index contributed by atoms with van der Waals surface area (Å²) in [6, 6.07) is 10.5. The Morgan fingerprint density at radius 1 is 1.22 bits per heavy atom. The monoisotopic (exact) mass is 251 g/mol. The van der Waals surface area contributed by atoms with Crippen molar-refractivity contribution in [1.82, 2.24) is 4.90 Å². The smallest absolute Gasteiger partial charge is 0.0900 e. The first kappa shape index (κ1) is 15.2. The summed E-state index contributed by atoms with van der Waals surface area (Å²) in [6.45, 7) is 6.81. The van der Waals surface area contributed by atoms with Crippen LogP contribution in [0.2, 0.25) is 0 Å². The van der Waals surface area contributed by atoms with E-state index in [2.05, 4.69) is 36.1 Å². The molecule has 0 aliphatic rings. The lowest BCUT2D eigenvalue weighted by Crippen LogP contribution is -2.34. The van der Waals surface area contributed by atoms with E-state index in [1.807, 2.05) is 20.0 Å². The number of nitrogens with zero attached hydrogens (tertiary/aromatic N) is 1. The van der Waals surface area contributed by atoms with Crippen LogP contribution >= 0.6 is 0 Å². The van der Waals surface area contributed by atoms with Gasteiger partial charge in [0.1, 0.15) is 0 Å². The lowest BCUT2D eigenvalue weighted by atomic mass is 10.0. The standard InChI is InChI=1S/C15H25NO2/c1-4-18-12-15(17)11-16(3)10-13(2)14-8-6-5-7-9-14/h5-9,13,15,17H,4,10-12H2,1-3H3/t13-,15-/m0/s1. The number of aliphatic hydroxyl groups excluding tert-OH is 1. The molecule has 0 saturated carbocycles. The minimum Gasteiger partial charge on any atom is -0.389 e. The molecule has 0 saturated heterocycles. The summed E-state index contributed by atoms with van der Waals surface area (Å²) < 4.78 is 5.21. The van der Waals surface area contributed by atoms with Gasteiger partial charge in [-0.2, -0.15) is 0 Å². The summed E-state index contributed by atoms with van der Waals surface area (Å²) in [5, 5.41) is 9.77. The van der Waals surface area contributed by atoms with Crippen molar-refractivity contribution in [3.8, 4) is 0 Å². The summed E-state index contributed by atoms with van der Waals surface area (Å²) in [5.74, 6) is 0.468. The molecule has 102 valence electrons. The fourth-order valence-corrected chi connectivity index (χ4v) is 2.10. The van der Waals surface area contributed by atoms with E-state index in [4.69, 9.17) is 4.74 Å². The van der Waals surface area contributed by atoms with Gasteiger partial charge in [0.15, 0.2) is 0 Å². The second-order valence-corrected chi connectivity index (χ2v) is 4.85. The zero-order chi connectivity index (χ0) is 13.4. The molecule has 0 heterocycles. The van der Waals surface area contributed by atoms with E-state index in [0.717, 1.165) is 6.54 Å². The van der Waals surface area contributed by atoms with Gasteiger partial charge in [-0.1, -0.05) is 37.3 Å². The van der Waals surface area contributed by atoms with Crippen LogP contribution in [0.25, 0.3) is 0 Å². The number of hydrogen-bond acceptors (Lipinski definition) is 3. The van der Waals surface area contributed by atoms with Gasteiger partial charge in [-0.05, 0) is 25.5 Å². The van der Waals surface area contributed by atoms with Gasteiger partial charge in [0.2, 0.25) is 0 Å². The van der Waals surface area contributed by atoms with Crippen LogP contribution in [-0.4, -0.2) is 49.5 Å². The van der Waals surface area contributed by atoms with Crippen molar-refractivity contribution in [2.75, 3.05) is 33.4 Å². The molecule has 3 nitrogen and oxygen atoms in total. The Labute approximate surface area is 110 Å². The fraction of sp³-hybridized carbons (Fsp3) is 0.600. The van der Waals surface area contributed by atoms with Crippen molar-refractivity contribution in [3.05, 3.63) is 35.9 Å². The van der Waals surface area contributed by atoms with Crippen LogP contribution in [0, 0.1) is 0 Å². The molecule has 1 aromatic carbocycles. The quantitative estimate of drug-likeness (QED) is 0.768. The Kier molecular flexibility index (Phi) is 6.94. The lowest BCUT2D eigenvalue weighted by Gasteiger charge is -2.24. The third kappa shape index (κ3) is 5.63. The zero-order valence-corrected chi connectivity index (χ0v) is 11.7. The van der Waals surface area contributed by atoms with Crippen molar-refractivity contribution in [2.45, 2.75) is 25.9 Å². The van der Waals surface area contributed by atoms with Crippen molar-refractivity contribution in [2.24, 2.45) is 0 Å². The number of hydrogen-bond donors (Lipinski definition) is 1. The topological polar surface area (TPSA) is 32.7 Å². The zero-order valence-electron chi connectivity index (χ0n) is 11.7. The molecule has 3 heteroatoms. The Morgan fingerprint density at radius 2 is 1.89 bits per heavy atom. The Balaban J connectivity index is 2.33. The van der Waals surface area contributed by atoms with Crippen LogP contribution < -0.4 is 0 Å². The molecule has 0 unspecified atom stereocenters. The first-order chi connectivity index (χ1) is 8.63. The van der Waals surface area contributed by atoms with E-state index < -0.39 is 6.10 Å². The van der Waals surface area contributed by atoms with E-state index >= 15 is 0 Å². The Hall–Kier alpha value is -0.900. The molecule has 0 aliphatic heterocycles. The highest BCUT2D eigenvalue weighted by Gasteiger charge is 2.12. The molecule has 0 amide bonds. The van der Waals surface area contributed by atoms with Crippen LogP contribution in [-0.2, 0) is 4.74 Å². The van der Waals surface area contributed by atoms with E-state index in [-0.39, 0.29) is 0 Å². The first-order valence-electron chi connectivity index (χ1n) is 6.62. The van der Waals surface area contributed by atoms with Crippen LogP contribution in [0.4, 0.5) is 0 Å². The molecule has 0 aliphatic carbocycles. The molecule has 1 aromatic rings. The number of likely N-dealkylation sites (N-methyl/N-ethyl adjacent to an activating group) is 1. The molecule has 2 atom stereocenters. The summed E-state index contributed by atoms with van der Waals surface area (Å²) in [7, 11) is 2.04. The highest BCUT2D eigenvalue weighted by molar-refractivity contribution is 5.18. The van der Waals surface area contributed by atoms with E-state index in [9.17, 15) is 5.11 Å². The molecular formula is C15H25NO2. The molecular weight excluding hydrogens is 226 g/mol. The highest BCUT2D eigenvalue weighted by Crippen LogP contribution is 2.15. The normalized spacial score (nSPS) is 14.7. The van der Waals surface area contributed by atoms with Gasteiger partial charge in [-0.3, -0.25) is 0 Å². The average molecular weight is 251 g/mol. The molecule has 0 radical (unpaired) electrons. The minimum atomic E-state index is -0.405. The maximum atomic E-state index is 9.77. The third-order valence-corrected chi connectivity index (χ3v) is 2.99. The van der Waals surface area contributed by atoms with Crippen LogP contribution in [0.1, 0.15) is 25.3 Å².